The maximum atomic E-state index is 13.1. The molecular weight excluding hydrogens is 402 g/mol. The van der Waals surface area contributed by atoms with Crippen LogP contribution >= 0.6 is 11.6 Å². The first-order valence-corrected chi connectivity index (χ1v) is 10.4. The second kappa shape index (κ2) is 9.43. The quantitative estimate of drug-likeness (QED) is 0.643. The van der Waals surface area contributed by atoms with Crippen molar-refractivity contribution in [2.24, 2.45) is 0 Å². The predicted molar refractivity (Wildman–Crippen MR) is 116 cm³/mol. The number of nitrogens with one attached hydrogen (secondary N) is 1. The molecule has 0 spiro atoms. The van der Waals surface area contributed by atoms with Gasteiger partial charge in [0.2, 0.25) is 0 Å². The molecule has 1 aromatic heterocycles. The largest absolute Gasteiger partial charge is 0.379 e. The van der Waals surface area contributed by atoms with Gasteiger partial charge >= 0.3 is 0 Å². The Balaban J connectivity index is 1.57. The molecule has 30 heavy (non-hydrogen) atoms. The molecular formula is C23H24ClN3O3. The second-order valence-corrected chi connectivity index (χ2v) is 7.63. The summed E-state index contributed by atoms with van der Waals surface area (Å²) in [5.74, 6) is 0.282. The van der Waals surface area contributed by atoms with Gasteiger partial charge in [0.1, 0.15) is 17.0 Å². The van der Waals surface area contributed by atoms with Crippen LogP contribution in [-0.4, -0.2) is 48.8 Å². The van der Waals surface area contributed by atoms with Crippen LogP contribution in [0.15, 0.2) is 59.1 Å². The number of benzene rings is 2. The van der Waals surface area contributed by atoms with E-state index in [1.165, 1.54) is 0 Å². The van der Waals surface area contributed by atoms with Crippen molar-refractivity contribution in [3.05, 3.63) is 76.5 Å². The van der Waals surface area contributed by atoms with E-state index in [0.717, 1.165) is 24.2 Å². The maximum absolute atomic E-state index is 13.1. The number of hydrogen-bond donors (Lipinski definition) is 1. The highest BCUT2D eigenvalue weighted by atomic mass is 35.5. The zero-order valence-corrected chi connectivity index (χ0v) is 17.6. The van der Waals surface area contributed by atoms with Crippen LogP contribution in [0.5, 0.6) is 0 Å². The Hall–Kier alpha value is -2.67. The van der Waals surface area contributed by atoms with Crippen molar-refractivity contribution in [1.82, 2.24) is 15.4 Å². The molecule has 1 saturated heterocycles. The maximum Gasteiger partial charge on any atom is 0.257 e. The van der Waals surface area contributed by atoms with Gasteiger partial charge in [0.05, 0.1) is 19.3 Å². The van der Waals surface area contributed by atoms with Crippen LogP contribution in [0.1, 0.15) is 27.7 Å². The lowest BCUT2D eigenvalue weighted by atomic mass is 10.0. The van der Waals surface area contributed by atoms with Gasteiger partial charge in [-0.25, -0.2) is 0 Å². The predicted octanol–water partition coefficient (Wildman–Crippen LogP) is 4.11. The van der Waals surface area contributed by atoms with E-state index in [4.69, 9.17) is 20.9 Å². The van der Waals surface area contributed by atoms with Crippen molar-refractivity contribution >= 4 is 17.5 Å². The summed E-state index contributed by atoms with van der Waals surface area (Å²) in [5.41, 5.74) is 2.84. The van der Waals surface area contributed by atoms with E-state index in [1.807, 2.05) is 54.6 Å². The normalized spacial score (nSPS) is 15.7. The molecule has 1 aliphatic heterocycles. The minimum Gasteiger partial charge on any atom is -0.379 e. The number of aromatic nitrogens is 1. The summed E-state index contributed by atoms with van der Waals surface area (Å²) in [5, 5.41) is 7.88. The molecule has 1 atom stereocenters. The molecule has 0 aliphatic carbocycles. The van der Waals surface area contributed by atoms with Crippen molar-refractivity contribution in [2.45, 2.75) is 13.0 Å². The lowest BCUT2D eigenvalue weighted by molar-refractivity contribution is 0.0162. The first-order chi connectivity index (χ1) is 14.6. The first kappa shape index (κ1) is 20.6. The van der Waals surface area contributed by atoms with E-state index >= 15 is 0 Å². The summed E-state index contributed by atoms with van der Waals surface area (Å²) in [7, 11) is 0. The van der Waals surface area contributed by atoms with E-state index in [-0.39, 0.29) is 11.9 Å². The molecule has 1 fully saturated rings. The van der Waals surface area contributed by atoms with Gasteiger partial charge in [0.15, 0.2) is 0 Å². The van der Waals surface area contributed by atoms with Crippen molar-refractivity contribution in [3.8, 4) is 11.3 Å². The van der Waals surface area contributed by atoms with Crippen molar-refractivity contribution in [3.63, 3.8) is 0 Å². The first-order valence-electron chi connectivity index (χ1n) is 10.0. The third kappa shape index (κ3) is 4.41. The zero-order valence-electron chi connectivity index (χ0n) is 16.8. The van der Waals surface area contributed by atoms with Crippen LogP contribution < -0.4 is 5.32 Å². The fourth-order valence-electron chi connectivity index (χ4n) is 3.78. The lowest BCUT2D eigenvalue weighted by Gasteiger charge is -2.35. The molecule has 156 valence electrons. The van der Waals surface area contributed by atoms with Crippen LogP contribution in [0.2, 0.25) is 5.02 Å². The summed E-state index contributed by atoms with van der Waals surface area (Å²) in [6.07, 6.45) is 0. The van der Waals surface area contributed by atoms with Gasteiger partial charge in [-0.1, -0.05) is 65.3 Å². The molecule has 2 aromatic carbocycles. The van der Waals surface area contributed by atoms with E-state index in [9.17, 15) is 4.79 Å². The highest BCUT2D eigenvalue weighted by Crippen LogP contribution is 2.29. The van der Waals surface area contributed by atoms with Gasteiger partial charge < -0.3 is 14.6 Å². The van der Waals surface area contributed by atoms with Crippen LogP contribution in [0.3, 0.4) is 0 Å². The Morgan fingerprint density at radius 2 is 1.83 bits per heavy atom. The number of amides is 1. The number of nitrogens with zero attached hydrogens (tertiary/aromatic N) is 2. The lowest BCUT2D eigenvalue weighted by Crippen LogP contribution is -2.44. The number of aryl methyl sites for hydroxylation is 1. The Kier molecular flexibility index (Phi) is 6.47. The molecule has 6 nitrogen and oxygen atoms in total. The average molecular weight is 426 g/mol. The number of halogens is 1. The van der Waals surface area contributed by atoms with Crippen LogP contribution in [0, 0.1) is 6.92 Å². The monoisotopic (exact) mass is 425 g/mol. The number of rotatable bonds is 6. The second-order valence-electron chi connectivity index (χ2n) is 7.22. The summed E-state index contributed by atoms with van der Waals surface area (Å²) in [6.45, 7) is 5.07. The number of carbonyl (C=O) groups excluding carboxylic acids is 1. The molecule has 2 heterocycles. The molecule has 1 N–H and O–H groups in total. The van der Waals surface area contributed by atoms with Crippen molar-refractivity contribution in [1.29, 1.82) is 0 Å². The molecule has 3 aromatic rings. The van der Waals surface area contributed by atoms with Gasteiger partial charge in [-0.3, -0.25) is 9.69 Å². The molecule has 1 amide bonds. The zero-order chi connectivity index (χ0) is 20.9. The molecule has 1 aliphatic rings. The van der Waals surface area contributed by atoms with E-state index in [2.05, 4.69) is 15.4 Å². The Morgan fingerprint density at radius 1 is 1.13 bits per heavy atom. The minimum atomic E-state index is -0.210. The molecule has 1 unspecified atom stereocenters. The van der Waals surface area contributed by atoms with Crippen molar-refractivity contribution in [2.75, 3.05) is 32.8 Å². The molecule has 0 saturated carbocycles. The minimum absolute atomic E-state index is 0.0492. The summed E-state index contributed by atoms with van der Waals surface area (Å²) < 4.78 is 10.8. The topological polar surface area (TPSA) is 67.6 Å². The highest BCUT2D eigenvalue weighted by Gasteiger charge is 2.27. The molecule has 4 rings (SSSR count). The van der Waals surface area contributed by atoms with Gasteiger partial charge in [-0.05, 0) is 18.6 Å². The number of morpholine rings is 1. The number of carbonyl (C=O) groups is 1. The van der Waals surface area contributed by atoms with E-state index in [0.29, 0.717) is 41.8 Å². The fourth-order valence-corrected chi connectivity index (χ4v) is 4.04. The highest BCUT2D eigenvalue weighted by molar-refractivity contribution is 6.31. The standard InChI is InChI=1S/C23H24ClN3O3/c1-16-21(22(26-30-16)17-7-3-2-4-8-17)23(28)25-15-20(27-11-13-29-14-12-27)18-9-5-6-10-19(18)24/h2-10,20H,11-15H2,1H3,(H,25,28). The molecule has 0 bridgehead atoms. The summed E-state index contributed by atoms with van der Waals surface area (Å²) >= 11 is 6.49. The third-order valence-electron chi connectivity index (χ3n) is 5.34. The number of hydrogen-bond acceptors (Lipinski definition) is 5. The van der Waals surface area contributed by atoms with E-state index in [1.54, 1.807) is 6.92 Å². The van der Waals surface area contributed by atoms with Crippen LogP contribution in [0.4, 0.5) is 0 Å². The van der Waals surface area contributed by atoms with Crippen LogP contribution in [0.25, 0.3) is 11.3 Å². The van der Waals surface area contributed by atoms with Crippen molar-refractivity contribution < 1.29 is 14.1 Å². The Bertz CT molecular complexity index is 1000. The van der Waals surface area contributed by atoms with Gasteiger partial charge in [0, 0.05) is 30.2 Å². The van der Waals surface area contributed by atoms with E-state index < -0.39 is 0 Å². The number of ether oxygens (including phenoxy) is 1. The Morgan fingerprint density at radius 3 is 2.57 bits per heavy atom. The van der Waals surface area contributed by atoms with Gasteiger partial charge in [-0.15, -0.1) is 0 Å². The average Bonchev–Trinajstić information content (AvgIpc) is 3.18. The molecule has 7 heteroatoms. The Labute approximate surface area is 180 Å². The van der Waals surface area contributed by atoms with Gasteiger partial charge in [0.25, 0.3) is 5.91 Å². The summed E-state index contributed by atoms with van der Waals surface area (Å²) in [6, 6.07) is 17.3. The van der Waals surface area contributed by atoms with Gasteiger partial charge in [-0.2, -0.15) is 0 Å². The molecule has 0 radical (unpaired) electrons. The fraction of sp³-hybridized carbons (Fsp3) is 0.304. The van der Waals surface area contributed by atoms with Crippen LogP contribution in [-0.2, 0) is 4.74 Å². The SMILES string of the molecule is Cc1onc(-c2ccccc2)c1C(=O)NCC(c1ccccc1Cl)N1CCOCC1. The third-order valence-corrected chi connectivity index (χ3v) is 5.69. The summed E-state index contributed by atoms with van der Waals surface area (Å²) in [4.78, 5) is 15.4. The smallest absolute Gasteiger partial charge is 0.257 e.